The summed E-state index contributed by atoms with van der Waals surface area (Å²) in [4.78, 5) is 31.3. The monoisotopic (exact) mass is 442 g/mol. The van der Waals surface area contributed by atoms with Crippen molar-refractivity contribution >= 4 is 27.9 Å². The SMILES string of the molecule is COc1ccccc1N1CCN(CCn2c(=O)c3csc4c3n(c2=O)CCC4O)CC1. The first-order valence-corrected chi connectivity index (χ1v) is 11.5. The molecule has 2 aliphatic rings. The number of anilines is 1. The lowest BCUT2D eigenvalue weighted by molar-refractivity contribution is 0.159. The van der Waals surface area contributed by atoms with Crippen LogP contribution in [0, 0.1) is 0 Å². The molecule has 31 heavy (non-hydrogen) atoms. The molecule has 1 aromatic carbocycles. The van der Waals surface area contributed by atoms with Crippen molar-refractivity contribution in [3.05, 3.63) is 55.4 Å². The molecule has 0 aliphatic carbocycles. The van der Waals surface area contributed by atoms with Crippen LogP contribution in [0.5, 0.6) is 5.75 Å². The minimum absolute atomic E-state index is 0.250. The average molecular weight is 443 g/mol. The Morgan fingerprint density at radius 1 is 1.10 bits per heavy atom. The van der Waals surface area contributed by atoms with Gasteiger partial charge in [0.1, 0.15) is 5.75 Å². The van der Waals surface area contributed by atoms with Crippen molar-refractivity contribution in [3.8, 4) is 5.75 Å². The van der Waals surface area contributed by atoms with Crippen LogP contribution >= 0.6 is 11.3 Å². The molecule has 3 aromatic rings. The number of aromatic nitrogens is 2. The maximum absolute atomic E-state index is 13.0. The lowest BCUT2D eigenvalue weighted by Crippen LogP contribution is -2.49. The number of aliphatic hydroxyl groups is 1. The normalized spacial score (nSPS) is 19.2. The Bertz CT molecular complexity index is 1220. The molecule has 1 atom stereocenters. The fourth-order valence-corrected chi connectivity index (χ4v) is 5.70. The second-order valence-electron chi connectivity index (χ2n) is 8.06. The molecule has 9 heteroatoms. The number of nitrogens with zero attached hydrogens (tertiary/aromatic N) is 4. The van der Waals surface area contributed by atoms with Crippen molar-refractivity contribution < 1.29 is 9.84 Å². The first kappa shape index (κ1) is 20.3. The summed E-state index contributed by atoms with van der Waals surface area (Å²) < 4.78 is 8.51. The van der Waals surface area contributed by atoms with Crippen molar-refractivity contribution in [1.29, 1.82) is 0 Å². The van der Waals surface area contributed by atoms with Crippen LogP contribution in [0.25, 0.3) is 10.9 Å². The van der Waals surface area contributed by atoms with Gasteiger partial charge in [0.05, 0.1) is 34.7 Å². The third-order valence-corrected chi connectivity index (χ3v) is 7.44. The van der Waals surface area contributed by atoms with Crippen LogP contribution in [0.3, 0.4) is 0 Å². The van der Waals surface area contributed by atoms with E-state index in [4.69, 9.17) is 4.74 Å². The van der Waals surface area contributed by atoms with Gasteiger partial charge in [0, 0.05) is 51.2 Å². The topological polar surface area (TPSA) is 79.9 Å². The highest BCUT2D eigenvalue weighted by Crippen LogP contribution is 2.34. The number of benzene rings is 1. The molecule has 1 fully saturated rings. The van der Waals surface area contributed by atoms with Gasteiger partial charge in [-0.05, 0) is 18.6 Å². The van der Waals surface area contributed by atoms with E-state index in [9.17, 15) is 14.7 Å². The van der Waals surface area contributed by atoms with Crippen LogP contribution in [0.1, 0.15) is 17.4 Å². The van der Waals surface area contributed by atoms with Crippen LogP contribution in [0.15, 0.2) is 39.2 Å². The largest absolute Gasteiger partial charge is 0.495 e. The highest BCUT2D eigenvalue weighted by Gasteiger charge is 2.26. The Labute approximate surface area is 183 Å². The molecule has 2 aliphatic heterocycles. The van der Waals surface area contributed by atoms with E-state index in [0.29, 0.717) is 37.0 Å². The van der Waals surface area contributed by atoms with Crippen LogP contribution in [-0.2, 0) is 13.1 Å². The Morgan fingerprint density at radius 3 is 2.65 bits per heavy atom. The lowest BCUT2D eigenvalue weighted by atomic mass is 10.1. The number of para-hydroxylation sites is 2. The Balaban J connectivity index is 1.31. The summed E-state index contributed by atoms with van der Waals surface area (Å²) in [5, 5.41) is 12.5. The predicted molar refractivity (Wildman–Crippen MR) is 122 cm³/mol. The van der Waals surface area contributed by atoms with E-state index in [1.165, 1.54) is 15.9 Å². The molecule has 0 saturated carbocycles. The predicted octanol–water partition coefficient (Wildman–Crippen LogP) is 1.49. The highest BCUT2D eigenvalue weighted by atomic mass is 32.1. The molecule has 2 aromatic heterocycles. The quantitative estimate of drug-likeness (QED) is 0.645. The number of rotatable bonds is 5. The highest BCUT2D eigenvalue weighted by molar-refractivity contribution is 7.11. The summed E-state index contributed by atoms with van der Waals surface area (Å²) >= 11 is 1.37. The van der Waals surface area contributed by atoms with Gasteiger partial charge < -0.3 is 14.7 Å². The van der Waals surface area contributed by atoms with Gasteiger partial charge >= 0.3 is 5.69 Å². The van der Waals surface area contributed by atoms with E-state index in [-0.39, 0.29) is 11.2 Å². The van der Waals surface area contributed by atoms with Crippen LogP contribution < -0.4 is 20.9 Å². The van der Waals surface area contributed by atoms with Gasteiger partial charge in [0.2, 0.25) is 0 Å². The molecule has 1 unspecified atom stereocenters. The van der Waals surface area contributed by atoms with Gasteiger partial charge in [0.15, 0.2) is 0 Å². The zero-order valence-corrected chi connectivity index (χ0v) is 18.3. The Hall–Kier alpha value is -2.62. The molecule has 0 amide bonds. The fourth-order valence-electron chi connectivity index (χ4n) is 4.64. The van der Waals surface area contributed by atoms with Crippen molar-refractivity contribution in [2.24, 2.45) is 0 Å². The first-order valence-electron chi connectivity index (χ1n) is 10.6. The smallest absolute Gasteiger partial charge is 0.331 e. The minimum atomic E-state index is -0.586. The van der Waals surface area contributed by atoms with Crippen molar-refractivity contribution in [2.75, 3.05) is 44.7 Å². The second kappa shape index (κ2) is 8.14. The molecule has 8 nitrogen and oxygen atoms in total. The standard InChI is InChI=1S/C22H26N4O4S/c1-30-18-5-3-2-4-16(18)24-11-8-23(9-12-24)10-13-26-21(28)15-14-31-20-17(27)6-7-25(19(15)20)22(26)29/h2-5,14,17,27H,6-13H2,1H3. The van der Waals surface area contributed by atoms with E-state index < -0.39 is 6.10 Å². The maximum atomic E-state index is 13.0. The summed E-state index contributed by atoms with van der Waals surface area (Å²) in [6.45, 7) is 4.92. The van der Waals surface area contributed by atoms with Gasteiger partial charge in [-0.2, -0.15) is 0 Å². The van der Waals surface area contributed by atoms with Crippen molar-refractivity contribution in [1.82, 2.24) is 14.0 Å². The van der Waals surface area contributed by atoms with Crippen LogP contribution in [-0.4, -0.2) is 59.0 Å². The summed E-state index contributed by atoms with van der Waals surface area (Å²) in [6.07, 6.45) is -0.0808. The number of aliphatic hydroxyl groups excluding tert-OH is 1. The molecule has 4 heterocycles. The maximum Gasteiger partial charge on any atom is 0.331 e. The van der Waals surface area contributed by atoms with E-state index in [1.54, 1.807) is 17.1 Å². The van der Waals surface area contributed by atoms with E-state index in [2.05, 4.69) is 15.9 Å². The summed E-state index contributed by atoms with van der Waals surface area (Å²) in [7, 11) is 1.69. The Morgan fingerprint density at radius 2 is 1.87 bits per heavy atom. The molecular formula is C22H26N4O4S. The summed E-state index contributed by atoms with van der Waals surface area (Å²) in [6, 6.07) is 8.03. The zero-order chi connectivity index (χ0) is 21.5. The van der Waals surface area contributed by atoms with Crippen LogP contribution in [0.4, 0.5) is 5.69 Å². The Kier molecular flexibility index (Phi) is 5.33. The third-order valence-electron chi connectivity index (χ3n) is 6.37. The number of ether oxygens (including phenoxy) is 1. The molecular weight excluding hydrogens is 416 g/mol. The van der Waals surface area contributed by atoms with E-state index in [0.717, 1.165) is 42.5 Å². The molecule has 0 bridgehead atoms. The van der Waals surface area contributed by atoms with Gasteiger partial charge in [-0.25, -0.2) is 4.79 Å². The fraction of sp³-hybridized carbons (Fsp3) is 0.455. The van der Waals surface area contributed by atoms with Gasteiger partial charge in [-0.3, -0.25) is 18.8 Å². The third kappa shape index (κ3) is 3.46. The summed E-state index contributed by atoms with van der Waals surface area (Å²) in [5.41, 5.74) is 1.21. The molecule has 1 saturated heterocycles. The van der Waals surface area contributed by atoms with Gasteiger partial charge in [0.25, 0.3) is 5.56 Å². The van der Waals surface area contributed by atoms with Crippen molar-refractivity contribution in [3.63, 3.8) is 0 Å². The average Bonchev–Trinajstić information content (AvgIpc) is 3.25. The number of hydrogen-bond donors (Lipinski definition) is 1. The lowest BCUT2D eigenvalue weighted by Gasteiger charge is -2.36. The molecule has 1 N–H and O–H groups in total. The molecule has 5 rings (SSSR count). The van der Waals surface area contributed by atoms with Gasteiger partial charge in [-0.15, -0.1) is 11.3 Å². The van der Waals surface area contributed by atoms with Crippen molar-refractivity contribution in [2.45, 2.75) is 25.6 Å². The van der Waals surface area contributed by atoms with E-state index >= 15 is 0 Å². The molecule has 0 radical (unpaired) electrons. The number of aryl methyl sites for hydroxylation is 1. The number of hydrogen-bond acceptors (Lipinski definition) is 7. The zero-order valence-electron chi connectivity index (χ0n) is 17.5. The van der Waals surface area contributed by atoms with Gasteiger partial charge in [-0.1, -0.05) is 12.1 Å². The number of thiophene rings is 1. The second-order valence-corrected chi connectivity index (χ2v) is 8.97. The molecule has 0 spiro atoms. The summed E-state index contributed by atoms with van der Waals surface area (Å²) in [5.74, 6) is 0.873. The molecule has 164 valence electrons. The number of methoxy groups -OCH3 is 1. The minimum Gasteiger partial charge on any atom is -0.495 e. The first-order chi connectivity index (χ1) is 15.1. The van der Waals surface area contributed by atoms with Crippen LogP contribution in [0.2, 0.25) is 0 Å². The van der Waals surface area contributed by atoms with E-state index in [1.807, 2.05) is 18.2 Å². The number of piperazine rings is 1.